The summed E-state index contributed by atoms with van der Waals surface area (Å²) in [6.07, 6.45) is 0. The van der Waals surface area contributed by atoms with Gasteiger partial charge in [0, 0.05) is 10.4 Å². The largest absolute Gasteiger partial charge is 0.644 e. The minimum atomic E-state index is -3.26. The topological polar surface area (TPSA) is 197 Å². The van der Waals surface area contributed by atoms with Gasteiger partial charge in [0.15, 0.2) is 118 Å². The van der Waals surface area contributed by atoms with Crippen molar-refractivity contribution in [2.75, 3.05) is 0 Å². The van der Waals surface area contributed by atoms with E-state index in [-0.39, 0.29) is 0 Å². The Bertz CT molecular complexity index is 2370. The van der Waals surface area contributed by atoms with Gasteiger partial charge in [-0.2, -0.15) is 0 Å². The molecule has 548 valence electrons. The Morgan fingerprint density at radius 1 is 0.255 bits per heavy atom. The molecule has 42 heteroatoms. The first-order valence-corrected chi connectivity index (χ1v) is 94.5. The maximum Gasteiger partial charge on any atom is 0.644 e. The summed E-state index contributed by atoms with van der Waals surface area (Å²) in [4.78, 5) is 20.7. The van der Waals surface area contributed by atoms with E-state index < -0.39 is 203 Å². The van der Waals surface area contributed by atoms with Crippen molar-refractivity contribution in [3.8, 4) is 0 Å². The molecule has 3 rings (SSSR count). The van der Waals surface area contributed by atoms with E-state index in [2.05, 4.69) is 200 Å². The number of rotatable bonds is 39. The number of benzene rings is 3. The Labute approximate surface area is 606 Å². The molecule has 3 aromatic carbocycles. The van der Waals surface area contributed by atoms with Gasteiger partial charge in [0.05, 0.1) is 8.31 Å². The van der Waals surface area contributed by atoms with Crippen molar-refractivity contribution in [3.05, 3.63) is 91.0 Å². The summed E-state index contributed by atoms with van der Waals surface area (Å²) in [5, 5.41) is 3.08. The Morgan fingerprint density at radius 3 is 0.809 bits per heavy atom. The summed E-state index contributed by atoms with van der Waals surface area (Å²) in [6.45, 7) is 72.8. The molecule has 0 spiro atoms. The van der Waals surface area contributed by atoms with Crippen LogP contribution >= 0.6 is 0 Å². The number of hydrogen-bond donors (Lipinski definition) is 2. The van der Waals surface area contributed by atoms with Gasteiger partial charge in [0.1, 0.15) is 8.31 Å². The first-order chi connectivity index (χ1) is 42.9. The van der Waals surface area contributed by atoms with Crippen LogP contribution in [0.2, 0.25) is 223 Å². The molecule has 0 aliphatic rings. The highest BCUT2D eigenvalue weighted by molar-refractivity contribution is 7.34. The first kappa shape index (κ1) is 95.9. The van der Waals surface area contributed by atoms with E-state index in [1.807, 2.05) is 114 Å². The maximum atomic E-state index is 10.6. The maximum absolute atomic E-state index is 10.6. The molecule has 1 unspecified atom stereocenters. The molecule has 94 heavy (non-hydrogen) atoms. The Kier molecular flexibility index (Phi) is 46.2. The Balaban J connectivity index is 0.00000131. The molecule has 0 amide bonds. The van der Waals surface area contributed by atoms with Crippen LogP contribution in [-0.2, 0) is 70.0 Å². The molecular weight excluding hydrogens is 1570 g/mol. The van der Waals surface area contributed by atoms with E-state index in [0.29, 0.717) is 0 Å². The molecule has 0 radical (unpaired) electrons. The Hall–Kier alpha value is 1.89. The van der Waals surface area contributed by atoms with Crippen molar-refractivity contribution in [1.29, 1.82) is 0 Å². The van der Waals surface area contributed by atoms with Gasteiger partial charge >= 0.3 is 69.2 Å². The van der Waals surface area contributed by atoms with Gasteiger partial charge in [-0.25, -0.2) is 0 Å². The monoisotopic (exact) mass is 1710 g/mol. The molecule has 0 heterocycles. The van der Waals surface area contributed by atoms with E-state index in [1.165, 1.54) is 5.19 Å². The van der Waals surface area contributed by atoms with Crippen LogP contribution in [0.1, 0.15) is 0 Å². The molecular formula is C52H134O19Si23. The van der Waals surface area contributed by atoms with Gasteiger partial charge in [-0.1, -0.05) is 117 Å². The second kappa shape index (κ2) is 45.3. The fraction of sp³-hybridized carbons (Fsp3) is 0.654. The zero-order valence-corrected chi connectivity index (χ0v) is 90.0. The molecule has 0 aromatic heterocycles. The summed E-state index contributed by atoms with van der Waals surface area (Å²) >= 11 is 0. The van der Waals surface area contributed by atoms with Gasteiger partial charge < -0.3 is 79.5 Å². The second-order valence-electron chi connectivity index (χ2n) is 28.2. The van der Waals surface area contributed by atoms with Crippen LogP contribution in [0.15, 0.2) is 91.0 Å². The molecule has 0 saturated carbocycles. The second-order valence-corrected chi connectivity index (χ2v) is 101. The summed E-state index contributed by atoms with van der Waals surface area (Å²) < 4.78 is 109. The van der Waals surface area contributed by atoms with Gasteiger partial charge in [0.25, 0.3) is 0 Å². The average molecular weight is 1710 g/mol. The van der Waals surface area contributed by atoms with Crippen molar-refractivity contribution >= 4 is 219 Å². The SMILES string of the molecule is C[SiH](C)O[Si](O)(O[SiH](C)C)O[SiH](C)C.C[SiH](C)O[Si](O)(O[SiH](C)C)c1ccccc1.C[SiH](C)O[Si](O[SiH](C)C)(O[SiH](C)C)O[Si](C)(C)O[Si](O[SiH](C)C)(O[SiH](C)C)[SiH](C)C.C[SiH](C)O[Si](O[SiH](C)C)(O[Si](C)(C)O[Si](O[SiH](C)C)(c1ccccc1)[SiH](C)C)c1ccccc1. The van der Waals surface area contributed by atoms with Crippen LogP contribution < -0.4 is 15.6 Å². The van der Waals surface area contributed by atoms with Crippen LogP contribution in [0.25, 0.3) is 0 Å². The summed E-state index contributed by atoms with van der Waals surface area (Å²) in [5.41, 5.74) is 0. The van der Waals surface area contributed by atoms with Crippen molar-refractivity contribution in [1.82, 2.24) is 0 Å². The Morgan fingerprint density at radius 2 is 0.532 bits per heavy atom. The third-order valence-electron chi connectivity index (χ3n) is 11.5. The van der Waals surface area contributed by atoms with Crippen LogP contribution in [0.4, 0.5) is 0 Å². The van der Waals surface area contributed by atoms with Crippen LogP contribution in [0.3, 0.4) is 0 Å². The standard InChI is InChI=1S/C22H44O5Si7.C14H48O7Si9.C10H20O3Si3.C6H22O4Si4/c1-28(2)23-33(24-29(3)4,21-17-13-11-14-18-21)26-32(9,10)27-34(31(7)8,25-30(5)6)22-19-15-12-16-20-22;1-22(2)15-29(16-23(3)4,17-24(5)6)20-28(13,14)21-30(27(11)12,18-25(7)8)19-26(9)10;1-14(2)12-16(11,13-15(3)4)10-8-6-5-7-9-10;1-11(2)8-14(7,9-12(3)4)10-13(5)6/h11-20,28-31H,1-10H3;22-27H,1-14H3;5-9,11,14-15H,1-4H3;7,11-13H,1-6H3. The summed E-state index contributed by atoms with van der Waals surface area (Å²) in [7, 11) is -44.4. The van der Waals surface area contributed by atoms with Gasteiger partial charge in [-0.3, -0.25) is 0 Å². The molecule has 0 aliphatic carbocycles. The van der Waals surface area contributed by atoms with Crippen LogP contribution in [0.5, 0.6) is 0 Å². The van der Waals surface area contributed by atoms with E-state index in [4.69, 9.17) is 70.0 Å². The quantitative estimate of drug-likeness (QED) is 0.0536. The third kappa shape index (κ3) is 38.6. The van der Waals surface area contributed by atoms with Gasteiger partial charge in [0.2, 0.25) is 0 Å². The minimum absolute atomic E-state index is 0.817. The molecule has 3 aromatic rings. The highest BCUT2D eigenvalue weighted by atomic mass is 29.3. The zero-order chi connectivity index (χ0) is 73.0. The smallest absolute Gasteiger partial charge is 0.439 e. The first-order valence-electron chi connectivity index (χ1n) is 34.2. The molecule has 19 nitrogen and oxygen atoms in total. The van der Waals surface area contributed by atoms with Crippen molar-refractivity contribution < 1.29 is 79.5 Å². The van der Waals surface area contributed by atoms with E-state index in [1.54, 1.807) is 0 Å². The normalized spacial score (nSPS) is 14.1. The van der Waals surface area contributed by atoms with E-state index in [0.717, 1.165) is 10.4 Å². The van der Waals surface area contributed by atoms with Gasteiger partial charge in [-0.15, -0.1) is 0 Å². The highest BCUT2D eigenvalue weighted by Gasteiger charge is 2.58. The molecule has 0 aliphatic heterocycles. The van der Waals surface area contributed by atoms with Gasteiger partial charge in [-0.05, 0) is 202 Å². The van der Waals surface area contributed by atoms with Crippen LogP contribution in [0, 0.1) is 0 Å². The molecule has 0 saturated heterocycles. The van der Waals surface area contributed by atoms with Crippen molar-refractivity contribution in [2.45, 2.75) is 223 Å². The summed E-state index contributed by atoms with van der Waals surface area (Å²) in [5.74, 6) is 0. The molecule has 0 fully saturated rings. The third-order valence-corrected chi connectivity index (χ3v) is 86.2. The van der Waals surface area contributed by atoms with E-state index >= 15 is 0 Å². The lowest BCUT2D eigenvalue weighted by Crippen LogP contribution is -2.72. The average Bonchev–Trinajstić information content (AvgIpc) is 0.773. The fourth-order valence-corrected chi connectivity index (χ4v) is 103. The lowest BCUT2D eigenvalue weighted by Gasteiger charge is -2.45. The lowest BCUT2D eigenvalue weighted by molar-refractivity contribution is 0.138. The number of hydrogen-bond acceptors (Lipinski definition) is 19. The van der Waals surface area contributed by atoms with Crippen molar-refractivity contribution in [2.24, 2.45) is 0 Å². The molecule has 2 N–H and O–H groups in total. The predicted octanol–water partition coefficient (Wildman–Crippen LogP) is 7.38. The predicted molar refractivity (Wildman–Crippen MR) is 454 cm³/mol. The van der Waals surface area contributed by atoms with Crippen LogP contribution in [-0.4, -0.2) is 213 Å². The zero-order valence-electron chi connectivity index (χ0n) is 64.7. The fourth-order valence-electron chi connectivity index (χ4n) is 9.24. The van der Waals surface area contributed by atoms with E-state index in [9.17, 15) is 9.59 Å². The molecule has 1 atom stereocenters. The minimum Gasteiger partial charge on any atom is -0.439 e. The summed E-state index contributed by atoms with van der Waals surface area (Å²) in [6, 6.07) is 30.5. The highest BCUT2D eigenvalue weighted by Crippen LogP contribution is 2.30. The lowest BCUT2D eigenvalue weighted by atomic mass is 10.4. The van der Waals surface area contributed by atoms with Crippen molar-refractivity contribution in [3.63, 3.8) is 0 Å². The molecule has 0 bridgehead atoms.